The number of hydrogen-bond donors (Lipinski definition) is 0. The van der Waals surface area contributed by atoms with E-state index in [4.69, 9.17) is 11.6 Å². The normalized spacial score (nSPS) is 11.4. The molecule has 0 N–H and O–H groups in total. The monoisotopic (exact) mass is 483 g/mol. The van der Waals surface area contributed by atoms with Gasteiger partial charge in [-0.1, -0.05) is 58.8 Å². The molecule has 0 aliphatic heterocycles. The fourth-order valence-corrected chi connectivity index (χ4v) is 4.45. The van der Waals surface area contributed by atoms with Gasteiger partial charge in [-0.3, -0.25) is 9.69 Å². The third kappa shape index (κ3) is 4.54. The van der Waals surface area contributed by atoms with Crippen LogP contribution in [0.15, 0.2) is 40.9 Å². The maximum absolute atomic E-state index is 14.1. The summed E-state index contributed by atoms with van der Waals surface area (Å²) in [5.74, 6) is -0.644. The lowest BCUT2D eigenvalue weighted by Crippen LogP contribution is -2.39. The lowest BCUT2D eigenvalue weighted by Gasteiger charge is -2.25. The highest BCUT2D eigenvalue weighted by molar-refractivity contribution is 9.10. The van der Waals surface area contributed by atoms with Crippen LogP contribution >= 0.6 is 38.9 Å². The van der Waals surface area contributed by atoms with Gasteiger partial charge in [0.05, 0.1) is 15.3 Å². The van der Waals surface area contributed by atoms with Gasteiger partial charge in [-0.05, 0) is 43.4 Å². The summed E-state index contributed by atoms with van der Waals surface area (Å²) in [6.07, 6.45) is 0. The molecule has 0 aliphatic rings. The van der Waals surface area contributed by atoms with Crippen molar-refractivity contribution in [3.63, 3.8) is 0 Å². The average molecular weight is 485 g/mol. The summed E-state index contributed by atoms with van der Waals surface area (Å²) in [6.45, 7) is 7.03. The van der Waals surface area contributed by atoms with Gasteiger partial charge in [-0.15, -0.1) is 0 Å². The van der Waals surface area contributed by atoms with E-state index in [1.807, 2.05) is 0 Å². The highest BCUT2D eigenvalue weighted by Crippen LogP contribution is 2.32. The first-order chi connectivity index (χ1) is 13.4. The topological polar surface area (TPSA) is 36.4 Å². The molecule has 1 aromatic heterocycles. The predicted molar refractivity (Wildman–Crippen MR) is 118 cm³/mol. The Balaban J connectivity index is 2.01. The summed E-state index contributed by atoms with van der Waals surface area (Å²) in [7, 11) is 0. The molecular weight excluding hydrogens is 465 g/mol. The van der Waals surface area contributed by atoms with Crippen molar-refractivity contribution < 1.29 is 9.18 Å². The number of anilines is 1. The van der Waals surface area contributed by atoms with Crippen LogP contribution in [-0.4, -0.2) is 42.0 Å². The van der Waals surface area contributed by atoms with E-state index in [0.29, 0.717) is 33.5 Å². The largest absolute Gasteiger partial charge is 0.302 e. The Bertz CT molecular complexity index is 993. The molecule has 0 fully saturated rings. The SMILES string of the molecule is CCN(CC)CCN(C(=O)c1cc(Br)ccc1Cl)c1nc2c(F)cccc2s1. The van der Waals surface area contributed by atoms with Gasteiger partial charge >= 0.3 is 0 Å². The zero-order valence-electron chi connectivity index (χ0n) is 15.6. The molecule has 0 aliphatic carbocycles. The molecule has 1 heterocycles. The quantitative estimate of drug-likeness (QED) is 0.423. The summed E-state index contributed by atoms with van der Waals surface area (Å²) in [6, 6.07) is 9.99. The first-order valence-corrected chi connectivity index (χ1v) is 11.0. The molecule has 1 amide bonds. The molecule has 0 spiro atoms. The summed E-state index contributed by atoms with van der Waals surface area (Å²) < 4.78 is 15.6. The first kappa shape index (κ1) is 21.2. The lowest BCUT2D eigenvalue weighted by molar-refractivity contribution is 0.0984. The Hall–Kier alpha value is -1.54. The molecule has 0 radical (unpaired) electrons. The zero-order chi connectivity index (χ0) is 20.3. The number of nitrogens with zero attached hydrogens (tertiary/aromatic N) is 3. The number of aromatic nitrogens is 1. The number of fused-ring (bicyclic) bond motifs is 1. The van der Waals surface area contributed by atoms with Gasteiger partial charge < -0.3 is 4.90 Å². The molecule has 0 saturated heterocycles. The molecule has 0 atom stereocenters. The summed E-state index contributed by atoms with van der Waals surface area (Å²) in [4.78, 5) is 21.6. The Morgan fingerprint density at radius 3 is 2.64 bits per heavy atom. The van der Waals surface area contributed by atoms with Gasteiger partial charge in [0.1, 0.15) is 11.3 Å². The number of rotatable bonds is 7. The van der Waals surface area contributed by atoms with Crippen LogP contribution < -0.4 is 4.90 Å². The maximum Gasteiger partial charge on any atom is 0.261 e. The number of halogens is 3. The summed E-state index contributed by atoms with van der Waals surface area (Å²) >= 11 is 11.0. The number of carbonyl (C=O) groups is 1. The molecule has 4 nitrogen and oxygen atoms in total. The van der Waals surface area contributed by atoms with E-state index in [9.17, 15) is 9.18 Å². The van der Waals surface area contributed by atoms with Crippen LogP contribution in [0.4, 0.5) is 9.52 Å². The van der Waals surface area contributed by atoms with E-state index in [1.165, 1.54) is 17.4 Å². The fourth-order valence-electron chi connectivity index (χ4n) is 2.89. The average Bonchev–Trinajstić information content (AvgIpc) is 3.12. The van der Waals surface area contributed by atoms with Gasteiger partial charge in [0.25, 0.3) is 5.91 Å². The Kier molecular flexibility index (Phi) is 7.04. The minimum Gasteiger partial charge on any atom is -0.302 e. The van der Waals surface area contributed by atoms with Gasteiger partial charge in [0.2, 0.25) is 0 Å². The van der Waals surface area contributed by atoms with Crippen LogP contribution in [0.1, 0.15) is 24.2 Å². The number of hydrogen-bond acceptors (Lipinski definition) is 4. The lowest BCUT2D eigenvalue weighted by atomic mass is 10.2. The van der Waals surface area contributed by atoms with E-state index in [0.717, 1.165) is 17.6 Å². The molecule has 3 aromatic rings. The standard InChI is InChI=1S/C20H20BrClFN3OS/c1-3-25(4-2)10-11-26(19(27)14-12-13(21)8-9-15(14)22)20-24-18-16(23)6-5-7-17(18)28-20/h5-9,12H,3-4,10-11H2,1-2H3. The van der Waals surface area contributed by atoms with Gasteiger partial charge in [-0.2, -0.15) is 0 Å². The Morgan fingerprint density at radius 2 is 1.96 bits per heavy atom. The summed E-state index contributed by atoms with van der Waals surface area (Å²) in [5, 5.41) is 0.835. The Morgan fingerprint density at radius 1 is 1.21 bits per heavy atom. The minimum absolute atomic E-state index is 0.252. The van der Waals surface area contributed by atoms with E-state index in [2.05, 4.69) is 39.7 Å². The second kappa shape index (κ2) is 9.31. The molecule has 28 heavy (non-hydrogen) atoms. The second-order valence-corrected chi connectivity index (χ2v) is 8.52. The number of thiazole rings is 1. The van der Waals surface area contributed by atoms with Gasteiger partial charge in [0.15, 0.2) is 5.13 Å². The van der Waals surface area contributed by atoms with Crippen LogP contribution in [0.5, 0.6) is 0 Å². The van der Waals surface area contributed by atoms with Gasteiger partial charge in [-0.25, -0.2) is 9.37 Å². The number of benzene rings is 2. The molecule has 148 valence electrons. The molecular formula is C20H20BrClFN3OS. The molecule has 3 rings (SSSR count). The minimum atomic E-state index is -0.392. The van der Waals surface area contributed by atoms with E-state index in [-0.39, 0.29) is 11.4 Å². The molecule has 0 saturated carbocycles. The highest BCUT2D eigenvalue weighted by atomic mass is 79.9. The fraction of sp³-hybridized carbons (Fsp3) is 0.300. The maximum atomic E-state index is 14.1. The summed E-state index contributed by atoms with van der Waals surface area (Å²) in [5.41, 5.74) is 0.666. The van der Waals surface area contributed by atoms with Crippen molar-refractivity contribution in [3.8, 4) is 0 Å². The molecule has 0 bridgehead atoms. The van der Waals surface area contributed by atoms with E-state index >= 15 is 0 Å². The van der Waals surface area contributed by atoms with Crippen LogP contribution in [0.3, 0.4) is 0 Å². The predicted octanol–water partition coefficient (Wildman–Crippen LogP) is 5.84. The Labute approximate surface area is 181 Å². The number of carbonyl (C=O) groups excluding carboxylic acids is 1. The van der Waals surface area contributed by atoms with Crippen LogP contribution in [-0.2, 0) is 0 Å². The zero-order valence-corrected chi connectivity index (χ0v) is 18.7. The van der Waals surface area contributed by atoms with Crippen molar-refractivity contribution in [2.75, 3.05) is 31.1 Å². The van der Waals surface area contributed by atoms with Crippen LogP contribution in [0, 0.1) is 5.82 Å². The number of likely N-dealkylation sites (N-methyl/N-ethyl adjacent to an activating group) is 1. The molecule has 8 heteroatoms. The van der Waals surface area contributed by atoms with E-state index in [1.54, 1.807) is 35.2 Å². The first-order valence-electron chi connectivity index (χ1n) is 8.98. The van der Waals surface area contributed by atoms with Crippen LogP contribution in [0.2, 0.25) is 5.02 Å². The molecule has 0 unspecified atom stereocenters. The van der Waals surface area contributed by atoms with Crippen molar-refractivity contribution in [1.29, 1.82) is 0 Å². The number of amides is 1. The smallest absolute Gasteiger partial charge is 0.261 e. The van der Waals surface area contributed by atoms with Crippen molar-refractivity contribution >= 4 is 60.1 Å². The number of para-hydroxylation sites is 1. The van der Waals surface area contributed by atoms with E-state index < -0.39 is 5.82 Å². The van der Waals surface area contributed by atoms with Crippen LogP contribution in [0.25, 0.3) is 10.2 Å². The van der Waals surface area contributed by atoms with Crippen molar-refractivity contribution in [1.82, 2.24) is 9.88 Å². The molecule has 2 aromatic carbocycles. The highest BCUT2D eigenvalue weighted by Gasteiger charge is 2.24. The van der Waals surface area contributed by atoms with Crippen molar-refractivity contribution in [2.24, 2.45) is 0 Å². The third-order valence-corrected chi connectivity index (χ3v) is 6.39. The van der Waals surface area contributed by atoms with Crippen molar-refractivity contribution in [3.05, 3.63) is 57.3 Å². The second-order valence-electron chi connectivity index (χ2n) is 6.19. The van der Waals surface area contributed by atoms with Gasteiger partial charge in [0, 0.05) is 17.6 Å². The van der Waals surface area contributed by atoms with Crippen molar-refractivity contribution in [2.45, 2.75) is 13.8 Å². The third-order valence-electron chi connectivity index (χ3n) is 4.53.